The number of fused-ring (bicyclic) bond motifs is 3. The van der Waals surface area contributed by atoms with E-state index in [0.29, 0.717) is 61.2 Å². The smallest absolute Gasteiger partial charge is 0.230 e. The van der Waals surface area contributed by atoms with Crippen molar-refractivity contribution >= 4 is 34.6 Å². The van der Waals surface area contributed by atoms with Crippen molar-refractivity contribution in [3.8, 4) is 17.1 Å². The highest BCUT2D eigenvalue weighted by molar-refractivity contribution is 6.25. The van der Waals surface area contributed by atoms with Crippen molar-refractivity contribution in [1.29, 1.82) is 0 Å². The minimum absolute atomic E-state index is 0.0102. The summed E-state index contributed by atoms with van der Waals surface area (Å²) >= 11 is 0. The van der Waals surface area contributed by atoms with Gasteiger partial charge in [-0.3, -0.25) is 19.3 Å². The molecule has 2 aromatic carbocycles. The van der Waals surface area contributed by atoms with Crippen LogP contribution >= 0.6 is 0 Å². The highest BCUT2D eigenvalue weighted by Gasteiger charge is 2.67. The van der Waals surface area contributed by atoms with Crippen LogP contribution in [-0.2, 0) is 27.3 Å². The predicted octanol–water partition coefficient (Wildman–Crippen LogP) is 1.92. The lowest BCUT2D eigenvalue weighted by Gasteiger charge is -2.53. The first-order chi connectivity index (χ1) is 24.6. The molecule has 1 saturated heterocycles. The highest BCUT2D eigenvalue weighted by atomic mass is 19.1. The number of rotatable bonds is 7. The molecule has 14 heteroatoms. The van der Waals surface area contributed by atoms with Crippen LogP contribution in [0.4, 0.5) is 15.8 Å². The Morgan fingerprint density at radius 3 is 2.38 bits per heavy atom. The van der Waals surface area contributed by atoms with Crippen LogP contribution in [0.2, 0.25) is 0 Å². The molecule has 4 aliphatic rings. The van der Waals surface area contributed by atoms with Crippen molar-refractivity contribution in [2.24, 2.45) is 23.5 Å². The van der Waals surface area contributed by atoms with E-state index in [0.717, 1.165) is 0 Å². The number of carbonyl (C=O) groups is 3. The van der Waals surface area contributed by atoms with Crippen LogP contribution in [-0.4, -0.2) is 120 Å². The van der Waals surface area contributed by atoms with Crippen LogP contribution in [0.5, 0.6) is 5.75 Å². The number of phenols is 1. The molecule has 6 N–H and O–H groups in total. The number of hydrogen-bond donors (Lipinski definition) is 5. The monoisotopic (exact) mass is 717 g/mol. The van der Waals surface area contributed by atoms with Gasteiger partial charge in [0.1, 0.15) is 34.8 Å². The number of aliphatic hydroxyl groups is 3. The van der Waals surface area contributed by atoms with Crippen molar-refractivity contribution in [3.63, 3.8) is 0 Å². The zero-order chi connectivity index (χ0) is 37.4. The summed E-state index contributed by atoms with van der Waals surface area (Å²) in [6, 6.07) is 11.0. The van der Waals surface area contributed by atoms with Crippen molar-refractivity contribution < 1.29 is 43.6 Å². The number of ketones is 2. The Kier molecular flexibility index (Phi) is 8.93. The number of aromatic hydroxyl groups is 1. The number of nitrogens with zero attached hydrogens (tertiary/aromatic N) is 4. The number of furan rings is 1. The Morgan fingerprint density at radius 2 is 1.75 bits per heavy atom. The van der Waals surface area contributed by atoms with Gasteiger partial charge in [-0.2, -0.15) is 0 Å². The molecular formula is C38H44FN5O8. The molecule has 3 aliphatic carbocycles. The Bertz CT molecular complexity index is 1980. The molecule has 2 saturated carbocycles. The van der Waals surface area contributed by atoms with E-state index in [1.54, 1.807) is 49.3 Å². The summed E-state index contributed by atoms with van der Waals surface area (Å²) < 4.78 is 20.6. The number of piperazine rings is 1. The molecule has 2 heterocycles. The van der Waals surface area contributed by atoms with E-state index in [4.69, 9.17) is 10.2 Å². The Morgan fingerprint density at radius 1 is 1.06 bits per heavy atom. The van der Waals surface area contributed by atoms with E-state index in [1.165, 1.54) is 6.07 Å². The summed E-state index contributed by atoms with van der Waals surface area (Å²) in [5.74, 6) is -7.25. The van der Waals surface area contributed by atoms with Gasteiger partial charge in [0.2, 0.25) is 11.7 Å². The molecule has 1 amide bonds. The van der Waals surface area contributed by atoms with E-state index in [9.17, 15) is 39.2 Å². The van der Waals surface area contributed by atoms with Gasteiger partial charge in [0.25, 0.3) is 0 Å². The first kappa shape index (κ1) is 35.6. The zero-order valence-corrected chi connectivity index (χ0v) is 29.5. The van der Waals surface area contributed by atoms with Crippen molar-refractivity contribution in [3.05, 3.63) is 70.7 Å². The number of aliphatic hydroxyl groups excluding tert-OH is 2. The number of primary amides is 1. The summed E-state index contributed by atoms with van der Waals surface area (Å²) in [6.07, 6.45) is -1.34. The number of amides is 1. The lowest BCUT2D eigenvalue weighted by atomic mass is 9.54. The molecule has 3 aromatic rings. The topological polar surface area (TPSA) is 184 Å². The zero-order valence-electron chi connectivity index (χ0n) is 29.5. The second-order valence-electron chi connectivity index (χ2n) is 14.8. The standard InChI is InChI=1S/C38H44FN5O8/c1-41(2)26-17-22(27-10-9-20(52-27)18-43-11-13-44(14-12-43)25-8-6-5-7-24(25)39)32(45)29-21(26)15-19-16-23-31(42(3)4)34(47)30(37(40)50)36(49)38(23,51)35(48)28(19)33(29)46/h5-10,17,19,23,30-31,34,45-47,51H,11-16,18H2,1-4H3,(H2,40,50)/t19-,23-,30?,31-,34?,38-/m0/s1. The van der Waals surface area contributed by atoms with Gasteiger partial charge in [0, 0.05) is 63.5 Å². The number of nitrogens with two attached hydrogens (primary N) is 1. The van der Waals surface area contributed by atoms with Crippen molar-refractivity contribution in [1.82, 2.24) is 9.80 Å². The second-order valence-corrected chi connectivity index (χ2v) is 14.8. The summed E-state index contributed by atoms with van der Waals surface area (Å²) in [6.45, 7) is 3.12. The van der Waals surface area contributed by atoms with Gasteiger partial charge in [-0.1, -0.05) is 12.1 Å². The van der Waals surface area contributed by atoms with Gasteiger partial charge in [-0.15, -0.1) is 0 Å². The van der Waals surface area contributed by atoms with Gasteiger partial charge in [0.05, 0.1) is 29.5 Å². The largest absolute Gasteiger partial charge is 0.507 e. The normalized spacial score (nSPS) is 27.8. The average Bonchev–Trinajstić information content (AvgIpc) is 3.54. The maximum absolute atomic E-state index is 14.3. The maximum Gasteiger partial charge on any atom is 0.230 e. The predicted molar refractivity (Wildman–Crippen MR) is 190 cm³/mol. The minimum atomic E-state index is -2.74. The minimum Gasteiger partial charge on any atom is -0.507 e. The van der Waals surface area contributed by atoms with Gasteiger partial charge in [-0.05, 0) is 68.8 Å². The molecule has 1 aliphatic heterocycles. The SMILES string of the molecule is CN(C)c1cc(-c2ccc(CN3CCN(c4ccccc4F)CC3)o2)c(O)c2c1C[C@H]1C[C@H]3[C@H](N(C)C)C(O)C(C(N)=O)C(=O)[C@@]3(O)C(=O)C1=C2O. The Balaban J connectivity index is 1.21. The lowest BCUT2D eigenvalue weighted by Crippen LogP contribution is -2.73. The van der Waals surface area contributed by atoms with E-state index in [-0.39, 0.29) is 41.1 Å². The molecule has 13 nitrogen and oxygen atoms in total. The molecule has 7 rings (SSSR count). The van der Waals surface area contributed by atoms with Crippen molar-refractivity contribution in [2.45, 2.75) is 37.1 Å². The second kappa shape index (κ2) is 13.0. The van der Waals surface area contributed by atoms with E-state index >= 15 is 0 Å². The van der Waals surface area contributed by atoms with Gasteiger partial charge in [0.15, 0.2) is 11.4 Å². The van der Waals surface area contributed by atoms with E-state index in [2.05, 4.69) is 4.90 Å². The number of anilines is 2. The van der Waals surface area contributed by atoms with E-state index < -0.39 is 58.7 Å². The molecule has 1 aromatic heterocycles. The quantitative estimate of drug-likeness (QED) is 0.224. The van der Waals surface area contributed by atoms with Crippen LogP contribution in [0, 0.1) is 23.6 Å². The van der Waals surface area contributed by atoms with Crippen molar-refractivity contribution in [2.75, 3.05) is 64.2 Å². The maximum atomic E-state index is 14.3. The summed E-state index contributed by atoms with van der Waals surface area (Å²) in [4.78, 5) is 47.9. The third-order valence-corrected chi connectivity index (χ3v) is 11.4. The average molecular weight is 718 g/mol. The fourth-order valence-electron chi connectivity index (χ4n) is 8.92. The Hall–Kier alpha value is -4.76. The third-order valence-electron chi connectivity index (χ3n) is 11.4. The van der Waals surface area contributed by atoms with Gasteiger partial charge in [-0.25, -0.2) is 4.39 Å². The molecule has 2 unspecified atom stereocenters. The molecule has 3 fully saturated rings. The summed E-state index contributed by atoms with van der Waals surface area (Å²) in [7, 11) is 6.86. The number of hydrogen-bond acceptors (Lipinski definition) is 12. The highest BCUT2D eigenvalue weighted by Crippen LogP contribution is 2.54. The fraction of sp³-hybridized carbons (Fsp3) is 0.447. The van der Waals surface area contributed by atoms with Crippen LogP contribution in [0.25, 0.3) is 17.1 Å². The van der Waals surface area contributed by atoms with Crippen LogP contribution in [0.15, 0.2) is 52.5 Å². The fourth-order valence-corrected chi connectivity index (χ4v) is 8.92. The number of Topliss-reactive ketones (excluding diaryl/α,β-unsaturated/α-hetero) is 2. The van der Waals surface area contributed by atoms with Gasteiger partial charge >= 0.3 is 0 Å². The van der Waals surface area contributed by atoms with E-state index in [1.807, 2.05) is 30.0 Å². The lowest BCUT2D eigenvalue weighted by molar-refractivity contribution is -0.184. The molecule has 0 radical (unpaired) electrons. The first-order valence-electron chi connectivity index (χ1n) is 17.4. The molecule has 0 spiro atoms. The molecule has 52 heavy (non-hydrogen) atoms. The van der Waals surface area contributed by atoms with Gasteiger partial charge < -0.3 is 45.3 Å². The summed E-state index contributed by atoms with van der Waals surface area (Å²) in [5, 5.41) is 46.7. The molecule has 276 valence electrons. The third kappa shape index (κ3) is 5.47. The molecular weight excluding hydrogens is 673 g/mol. The van der Waals surface area contributed by atoms with Crippen LogP contribution < -0.4 is 15.5 Å². The number of likely N-dealkylation sites (N-methyl/N-ethyl adjacent to an activating group) is 1. The first-order valence-corrected chi connectivity index (χ1v) is 17.4. The molecule has 6 atom stereocenters. The van der Waals surface area contributed by atoms with Crippen LogP contribution in [0.1, 0.15) is 23.3 Å². The number of phenolic OH excluding ortho intramolecular Hbond substituents is 1. The number of halogens is 1. The number of para-hydroxylation sites is 1. The number of benzene rings is 2. The summed E-state index contributed by atoms with van der Waals surface area (Å²) in [5.41, 5.74) is 4.59. The van der Waals surface area contributed by atoms with Crippen LogP contribution in [0.3, 0.4) is 0 Å². The Labute approximate surface area is 300 Å². The molecule has 0 bridgehead atoms. The number of carbonyl (C=O) groups excluding carboxylic acids is 3.